The summed E-state index contributed by atoms with van der Waals surface area (Å²) in [5, 5.41) is 0. The lowest BCUT2D eigenvalue weighted by molar-refractivity contribution is 0.617. The maximum absolute atomic E-state index is 12.4. The van der Waals surface area contributed by atoms with Crippen molar-refractivity contribution in [2.24, 2.45) is 0 Å². The van der Waals surface area contributed by atoms with Gasteiger partial charge in [0.05, 0.1) is 0 Å². The molecule has 0 radical (unpaired) electrons. The fourth-order valence-corrected chi connectivity index (χ4v) is 1.42. The van der Waals surface area contributed by atoms with Crippen molar-refractivity contribution in [3.05, 3.63) is 35.6 Å². The number of rotatable bonds is 2. The first-order valence-corrected chi connectivity index (χ1v) is 5.19. The molecule has 0 amide bonds. The molecule has 4 heteroatoms. The van der Waals surface area contributed by atoms with Crippen LogP contribution in [0.5, 0.6) is 0 Å². The zero-order chi connectivity index (χ0) is 9.14. The molecule has 0 aliphatic heterocycles. The van der Waals surface area contributed by atoms with Gasteiger partial charge in [-0.3, -0.25) is 8.22 Å². The normalized spacial score (nSPS) is 13.4. The van der Waals surface area contributed by atoms with Gasteiger partial charge >= 0.3 is 9.46 Å². The summed E-state index contributed by atoms with van der Waals surface area (Å²) in [6, 6.07) is 5.25. The highest BCUT2D eigenvalue weighted by Gasteiger charge is 2.20. The molecule has 0 nitrogen and oxygen atoms in total. The molecule has 66 valence electrons. The largest absolute Gasteiger partial charge is 0.418 e. The van der Waals surface area contributed by atoms with E-state index in [9.17, 15) is 12.6 Å². The minimum Gasteiger partial charge on any atom is -0.274 e. The molecule has 1 aromatic carbocycles. The van der Waals surface area contributed by atoms with Crippen LogP contribution >= 0.6 is 0 Å². The molecule has 0 bridgehead atoms. The predicted octanol–water partition coefficient (Wildman–Crippen LogP) is 2.63. The topological polar surface area (TPSA) is 0 Å². The number of halogens is 3. The third-order valence-electron chi connectivity index (χ3n) is 1.77. The Labute approximate surface area is 71.0 Å². The van der Waals surface area contributed by atoms with E-state index in [-0.39, 0.29) is 5.82 Å². The third kappa shape index (κ3) is 2.10. The van der Waals surface area contributed by atoms with E-state index in [1.807, 2.05) is 0 Å². The summed E-state index contributed by atoms with van der Waals surface area (Å²) in [5.74, 6) is -0.387. The summed E-state index contributed by atoms with van der Waals surface area (Å²) in [5.41, 5.74) is -0.163. The van der Waals surface area contributed by atoms with Crippen molar-refractivity contribution in [2.45, 2.75) is 12.5 Å². The van der Waals surface area contributed by atoms with Crippen molar-refractivity contribution in [3.63, 3.8) is 0 Å². The van der Waals surface area contributed by atoms with Gasteiger partial charge in [0, 0.05) is 5.54 Å². The van der Waals surface area contributed by atoms with E-state index in [1.54, 1.807) is 0 Å². The lowest BCUT2D eigenvalue weighted by Gasteiger charge is -2.07. The Morgan fingerprint density at radius 2 is 1.67 bits per heavy atom. The quantitative estimate of drug-likeness (QED) is 0.496. The van der Waals surface area contributed by atoms with Gasteiger partial charge in [-0.05, 0) is 17.7 Å². The first kappa shape index (κ1) is 9.32. The van der Waals surface area contributed by atoms with Crippen LogP contribution in [0, 0.1) is 5.82 Å². The van der Waals surface area contributed by atoms with Crippen molar-refractivity contribution < 1.29 is 12.6 Å². The van der Waals surface area contributed by atoms with Gasteiger partial charge < -0.3 is 0 Å². The second kappa shape index (κ2) is 3.76. The van der Waals surface area contributed by atoms with Crippen LogP contribution in [0.1, 0.15) is 18.0 Å². The van der Waals surface area contributed by atoms with E-state index in [4.69, 9.17) is 0 Å². The van der Waals surface area contributed by atoms with E-state index in [0.717, 1.165) is 0 Å². The smallest absolute Gasteiger partial charge is 0.274 e. The molecule has 0 spiro atoms. The SMILES string of the molecule is CC(c1ccc(F)cc1)[SiH](F)F. The molecule has 0 saturated heterocycles. The standard InChI is InChI=1S/C8H9F3Si/c1-6(12(10)11)7-2-4-8(9)5-3-7/h2-6,12H,1H3. The Kier molecular flexibility index (Phi) is 2.92. The lowest BCUT2D eigenvalue weighted by Crippen LogP contribution is -2.09. The number of hydrogen-bond donors (Lipinski definition) is 0. The minimum absolute atomic E-state index is 0.387. The van der Waals surface area contributed by atoms with E-state index < -0.39 is 15.0 Å². The molecule has 0 fully saturated rings. The van der Waals surface area contributed by atoms with Gasteiger partial charge in [-0.1, -0.05) is 19.1 Å². The molecule has 1 aromatic rings. The molecule has 12 heavy (non-hydrogen) atoms. The van der Waals surface area contributed by atoms with Gasteiger partial charge in [0.1, 0.15) is 5.82 Å². The second-order valence-corrected chi connectivity index (χ2v) is 4.34. The van der Waals surface area contributed by atoms with Crippen LogP contribution in [-0.2, 0) is 0 Å². The van der Waals surface area contributed by atoms with E-state index in [0.29, 0.717) is 5.56 Å². The summed E-state index contributed by atoms with van der Waals surface area (Å²) < 4.78 is 36.9. The molecule has 0 N–H and O–H groups in total. The predicted molar refractivity (Wildman–Crippen MR) is 44.2 cm³/mol. The van der Waals surface area contributed by atoms with Crippen molar-refractivity contribution in [1.82, 2.24) is 0 Å². The Hall–Kier alpha value is -0.773. The Morgan fingerprint density at radius 3 is 2.08 bits per heavy atom. The summed E-state index contributed by atoms with van der Waals surface area (Å²) in [6.07, 6.45) is 0. The highest BCUT2D eigenvalue weighted by molar-refractivity contribution is 6.44. The van der Waals surface area contributed by atoms with Crippen molar-refractivity contribution >= 4 is 9.46 Å². The Morgan fingerprint density at radius 1 is 1.17 bits per heavy atom. The van der Waals surface area contributed by atoms with E-state index in [2.05, 4.69) is 0 Å². The van der Waals surface area contributed by atoms with Gasteiger partial charge in [-0.2, -0.15) is 0 Å². The molecule has 1 atom stereocenters. The lowest BCUT2D eigenvalue weighted by atomic mass is 10.2. The van der Waals surface area contributed by atoms with Crippen molar-refractivity contribution in [3.8, 4) is 0 Å². The molecule has 1 unspecified atom stereocenters. The third-order valence-corrected chi connectivity index (χ3v) is 2.91. The Bertz CT molecular complexity index is 245. The molecule has 0 aromatic heterocycles. The van der Waals surface area contributed by atoms with E-state index in [1.165, 1.54) is 31.2 Å². The van der Waals surface area contributed by atoms with Crippen LogP contribution in [0.2, 0.25) is 0 Å². The van der Waals surface area contributed by atoms with Gasteiger partial charge in [-0.25, -0.2) is 4.39 Å². The van der Waals surface area contributed by atoms with Crippen molar-refractivity contribution in [2.75, 3.05) is 0 Å². The first-order chi connectivity index (χ1) is 5.61. The molecular formula is C8H9F3Si. The van der Waals surface area contributed by atoms with Crippen LogP contribution in [0.3, 0.4) is 0 Å². The summed E-state index contributed by atoms with van der Waals surface area (Å²) >= 11 is 0. The highest BCUT2D eigenvalue weighted by atomic mass is 28.4. The van der Waals surface area contributed by atoms with Crippen LogP contribution in [0.15, 0.2) is 24.3 Å². The number of hydrogen-bond acceptors (Lipinski definition) is 0. The second-order valence-electron chi connectivity index (χ2n) is 2.67. The maximum atomic E-state index is 12.4. The molecular weight excluding hydrogens is 181 g/mol. The average Bonchev–Trinajstić information content (AvgIpc) is 2.04. The molecule has 0 saturated carbocycles. The fourth-order valence-electron chi connectivity index (χ4n) is 0.912. The summed E-state index contributed by atoms with van der Waals surface area (Å²) in [6.45, 7) is 1.48. The zero-order valence-electron chi connectivity index (χ0n) is 6.60. The summed E-state index contributed by atoms with van der Waals surface area (Å²) in [7, 11) is -3.63. The first-order valence-electron chi connectivity index (χ1n) is 3.65. The van der Waals surface area contributed by atoms with E-state index >= 15 is 0 Å². The van der Waals surface area contributed by atoms with Crippen LogP contribution in [0.4, 0.5) is 12.6 Å². The van der Waals surface area contributed by atoms with Gasteiger partial charge in [0.2, 0.25) is 0 Å². The zero-order valence-corrected chi connectivity index (χ0v) is 7.75. The monoisotopic (exact) mass is 190 g/mol. The van der Waals surface area contributed by atoms with Crippen LogP contribution in [0.25, 0.3) is 0 Å². The molecule has 0 aliphatic carbocycles. The van der Waals surface area contributed by atoms with Gasteiger partial charge in [0.15, 0.2) is 0 Å². The summed E-state index contributed by atoms with van der Waals surface area (Å²) in [4.78, 5) is 0. The number of benzene rings is 1. The molecule has 1 rings (SSSR count). The van der Waals surface area contributed by atoms with Gasteiger partial charge in [0.25, 0.3) is 0 Å². The average molecular weight is 190 g/mol. The fraction of sp³-hybridized carbons (Fsp3) is 0.250. The van der Waals surface area contributed by atoms with Crippen molar-refractivity contribution in [1.29, 1.82) is 0 Å². The van der Waals surface area contributed by atoms with Crippen LogP contribution < -0.4 is 0 Å². The highest BCUT2D eigenvalue weighted by Crippen LogP contribution is 2.19. The minimum atomic E-state index is -3.63. The molecule has 0 heterocycles. The van der Waals surface area contributed by atoms with Crippen LogP contribution in [-0.4, -0.2) is 9.46 Å². The Balaban J connectivity index is 2.82. The maximum Gasteiger partial charge on any atom is 0.418 e. The van der Waals surface area contributed by atoms with Gasteiger partial charge in [-0.15, -0.1) is 0 Å². The molecule has 0 aliphatic rings.